The second-order valence-electron chi connectivity index (χ2n) is 3.68. The standard InChI is InChI=1S/C11H9F3N4O/c12-11(13,14)9-5-7(18-4-3-16-6-18)1-2-8(9)10(15)17-19/h1-6,19H,(H2,15,17). The topological polar surface area (TPSA) is 76.4 Å². The van der Waals surface area contributed by atoms with E-state index in [0.29, 0.717) is 0 Å². The van der Waals surface area contributed by atoms with Crippen LogP contribution >= 0.6 is 0 Å². The van der Waals surface area contributed by atoms with E-state index in [1.807, 2.05) is 0 Å². The van der Waals surface area contributed by atoms with E-state index in [9.17, 15) is 13.2 Å². The molecule has 1 heterocycles. The molecule has 100 valence electrons. The number of imidazole rings is 1. The van der Waals surface area contributed by atoms with E-state index in [2.05, 4.69) is 10.1 Å². The molecule has 0 radical (unpaired) electrons. The van der Waals surface area contributed by atoms with Crippen molar-refractivity contribution in [1.29, 1.82) is 0 Å². The quantitative estimate of drug-likeness (QED) is 0.379. The van der Waals surface area contributed by atoms with E-state index in [4.69, 9.17) is 10.9 Å². The lowest BCUT2D eigenvalue weighted by Gasteiger charge is -2.13. The molecule has 2 rings (SSSR count). The van der Waals surface area contributed by atoms with E-state index < -0.39 is 17.6 Å². The Morgan fingerprint density at radius 1 is 1.37 bits per heavy atom. The molecule has 3 N–H and O–H groups in total. The average molecular weight is 270 g/mol. The lowest BCUT2D eigenvalue weighted by Crippen LogP contribution is -2.20. The van der Waals surface area contributed by atoms with Crippen LogP contribution < -0.4 is 5.73 Å². The molecule has 0 bridgehead atoms. The van der Waals surface area contributed by atoms with Crippen LogP contribution in [0.1, 0.15) is 11.1 Å². The van der Waals surface area contributed by atoms with Crippen LogP contribution in [0, 0.1) is 0 Å². The number of benzene rings is 1. The van der Waals surface area contributed by atoms with Gasteiger partial charge in [0.1, 0.15) is 0 Å². The van der Waals surface area contributed by atoms with Crippen LogP contribution in [0.15, 0.2) is 42.1 Å². The zero-order valence-electron chi connectivity index (χ0n) is 9.46. The molecule has 0 unspecified atom stereocenters. The highest BCUT2D eigenvalue weighted by molar-refractivity contribution is 5.98. The van der Waals surface area contributed by atoms with E-state index >= 15 is 0 Å². The molecule has 0 aliphatic carbocycles. The predicted molar refractivity (Wildman–Crippen MR) is 61.1 cm³/mol. The second-order valence-corrected chi connectivity index (χ2v) is 3.68. The summed E-state index contributed by atoms with van der Waals surface area (Å²) in [5.74, 6) is -0.593. The normalized spacial score (nSPS) is 12.7. The summed E-state index contributed by atoms with van der Waals surface area (Å²) in [7, 11) is 0. The number of oxime groups is 1. The van der Waals surface area contributed by atoms with Crippen molar-refractivity contribution in [3.63, 3.8) is 0 Å². The highest BCUT2D eigenvalue weighted by Gasteiger charge is 2.34. The summed E-state index contributed by atoms with van der Waals surface area (Å²) < 4.78 is 40.3. The van der Waals surface area contributed by atoms with Gasteiger partial charge in [-0.05, 0) is 18.2 Å². The maximum Gasteiger partial charge on any atom is 0.417 e. The molecule has 0 fully saturated rings. The van der Waals surface area contributed by atoms with Gasteiger partial charge in [-0.1, -0.05) is 5.16 Å². The van der Waals surface area contributed by atoms with Gasteiger partial charge in [0.15, 0.2) is 5.84 Å². The smallest absolute Gasteiger partial charge is 0.409 e. The zero-order chi connectivity index (χ0) is 14.0. The summed E-state index contributed by atoms with van der Waals surface area (Å²) >= 11 is 0. The minimum absolute atomic E-state index is 0.277. The molecule has 0 aliphatic rings. The van der Waals surface area contributed by atoms with Crippen molar-refractivity contribution in [2.24, 2.45) is 10.9 Å². The van der Waals surface area contributed by atoms with Gasteiger partial charge in [-0.15, -0.1) is 0 Å². The number of halogens is 3. The fourth-order valence-corrected chi connectivity index (χ4v) is 1.62. The Bertz CT molecular complexity index is 605. The Kier molecular flexibility index (Phi) is 3.16. The first-order valence-corrected chi connectivity index (χ1v) is 5.11. The fraction of sp³-hybridized carbons (Fsp3) is 0.0909. The van der Waals surface area contributed by atoms with Gasteiger partial charge in [0.25, 0.3) is 0 Å². The Hall–Kier alpha value is -2.51. The maximum atomic E-state index is 12.9. The number of nitrogens with two attached hydrogens (primary N) is 1. The van der Waals surface area contributed by atoms with E-state index in [-0.39, 0.29) is 11.3 Å². The molecule has 0 amide bonds. The van der Waals surface area contributed by atoms with Gasteiger partial charge in [-0.2, -0.15) is 13.2 Å². The number of amidine groups is 1. The molecule has 0 atom stereocenters. The highest BCUT2D eigenvalue weighted by Crippen LogP contribution is 2.33. The summed E-state index contributed by atoms with van der Waals surface area (Å²) in [5.41, 5.74) is 4.16. The SMILES string of the molecule is N/C(=N\O)c1ccc(-n2ccnc2)cc1C(F)(F)F. The van der Waals surface area contributed by atoms with Crippen LogP contribution in [0.3, 0.4) is 0 Å². The molecule has 1 aromatic heterocycles. The second kappa shape index (κ2) is 4.63. The van der Waals surface area contributed by atoms with Gasteiger partial charge in [0.2, 0.25) is 0 Å². The number of rotatable bonds is 2. The van der Waals surface area contributed by atoms with Crippen molar-refractivity contribution in [3.8, 4) is 5.69 Å². The summed E-state index contributed by atoms with van der Waals surface area (Å²) in [6.45, 7) is 0. The number of hydrogen-bond donors (Lipinski definition) is 2. The molecular formula is C11H9F3N4O. The van der Waals surface area contributed by atoms with Crippen LogP contribution in [0.2, 0.25) is 0 Å². The van der Waals surface area contributed by atoms with Crippen LogP contribution in [0.25, 0.3) is 5.69 Å². The fourth-order valence-electron chi connectivity index (χ4n) is 1.62. The minimum atomic E-state index is -4.61. The Labute approximate surface area is 105 Å². The molecule has 0 saturated heterocycles. The van der Waals surface area contributed by atoms with Crippen molar-refractivity contribution < 1.29 is 18.4 Å². The highest BCUT2D eigenvalue weighted by atomic mass is 19.4. The lowest BCUT2D eigenvalue weighted by atomic mass is 10.1. The lowest BCUT2D eigenvalue weighted by molar-refractivity contribution is -0.137. The van der Waals surface area contributed by atoms with Crippen molar-refractivity contribution >= 4 is 5.84 Å². The van der Waals surface area contributed by atoms with Crippen molar-refractivity contribution in [2.75, 3.05) is 0 Å². The summed E-state index contributed by atoms with van der Waals surface area (Å²) in [5, 5.41) is 11.1. The van der Waals surface area contributed by atoms with Crippen LogP contribution in [-0.4, -0.2) is 20.6 Å². The van der Waals surface area contributed by atoms with Crippen molar-refractivity contribution in [2.45, 2.75) is 6.18 Å². The first kappa shape index (κ1) is 12.9. The third kappa shape index (κ3) is 2.51. The summed E-state index contributed by atoms with van der Waals surface area (Å²) in [6, 6.07) is 3.48. The Balaban J connectivity index is 2.61. The molecule has 5 nitrogen and oxygen atoms in total. The van der Waals surface area contributed by atoms with Crippen molar-refractivity contribution in [1.82, 2.24) is 9.55 Å². The van der Waals surface area contributed by atoms with Gasteiger partial charge < -0.3 is 15.5 Å². The first-order valence-electron chi connectivity index (χ1n) is 5.11. The van der Waals surface area contributed by atoms with E-state index in [0.717, 1.165) is 12.1 Å². The molecule has 2 aromatic rings. The van der Waals surface area contributed by atoms with E-state index in [1.54, 1.807) is 0 Å². The third-order valence-corrected chi connectivity index (χ3v) is 2.49. The minimum Gasteiger partial charge on any atom is -0.409 e. The number of aromatic nitrogens is 2. The molecule has 19 heavy (non-hydrogen) atoms. The Morgan fingerprint density at radius 2 is 2.11 bits per heavy atom. The predicted octanol–water partition coefficient (Wildman–Crippen LogP) is 1.99. The average Bonchev–Trinajstić information content (AvgIpc) is 2.90. The number of hydrogen-bond acceptors (Lipinski definition) is 3. The van der Waals surface area contributed by atoms with E-state index in [1.165, 1.54) is 29.4 Å². The van der Waals surface area contributed by atoms with Gasteiger partial charge in [-0.25, -0.2) is 4.98 Å². The molecule has 1 aromatic carbocycles. The van der Waals surface area contributed by atoms with Gasteiger partial charge >= 0.3 is 6.18 Å². The maximum absolute atomic E-state index is 12.9. The molecule has 0 aliphatic heterocycles. The third-order valence-electron chi connectivity index (χ3n) is 2.49. The monoisotopic (exact) mass is 270 g/mol. The van der Waals surface area contributed by atoms with Crippen molar-refractivity contribution in [3.05, 3.63) is 48.0 Å². The van der Waals surface area contributed by atoms with Crippen LogP contribution in [0.5, 0.6) is 0 Å². The largest absolute Gasteiger partial charge is 0.417 e. The Morgan fingerprint density at radius 3 is 2.63 bits per heavy atom. The summed E-state index contributed by atoms with van der Waals surface area (Å²) in [4.78, 5) is 3.76. The molecule has 0 saturated carbocycles. The van der Waals surface area contributed by atoms with Gasteiger partial charge in [-0.3, -0.25) is 0 Å². The molecule has 0 spiro atoms. The van der Waals surface area contributed by atoms with Crippen LogP contribution in [-0.2, 0) is 6.18 Å². The van der Waals surface area contributed by atoms with Crippen LogP contribution in [0.4, 0.5) is 13.2 Å². The first-order chi connectivity index (χ1) is 8.93. The molecule has 8 heteroatoms. The van der Waals surface area contributed by atoms with Gasteiger partial charge in [0.05, 0.1) is 11.9 Å². The van der Waals surface area contributed by atoms with Gasteiger partial charge in [0, 0.05) is 23.6 Å². The zero-order valence-corrected chi connectivity index (χ0v) is 9.46. The number of alkyl halides is 3. The molecular weight excluding hydrogens is 261 g/mol. The number of nitrogens with zero attached hydrogens (tertiary/aromatic N) is 3. The summed E-state index contributed by atoms with van der Waals surface area (Å²) in [6.07, 6.45) is -0.275.